The van der Waals surface area contributed by atoms with Gasteiger partial charge in [-0.2, -0.15) is 0 Å². The summed E-state index contributed by atoms with van der Waals surface area (Å²) < 4.78 is 14.9. The number of benzene rings is 4. The van der Waals surface area contributed by atoms with Gasteiger partial charge in [0.1, 0.15) is 15.0 Å². The smallest absolute Gasteiger partial charge is 0.349 e. The third-order valence-corrected chi connectivity index (χ3v) is 12.0. The Balaban J connectivity index is 1.58. The lowest BCUT2D eigenvalue weighted by Gasteiger charge is -2.33. The molecule has 3 nitrogen and oxygen atoms in total. The highest BCUT2D eigenvalue weighted by Gasteiger charge is 2.60. The van der Waals surface area contributed by atoms with E-state index in [9.17, 15) is 0 Å². The van der Waals surface area contributed by atoms with Gasteiger partial charge in [0.05, 0.1) is 5.56 Å². The zero-order chi connectivity index (χ0) is 21.6. The van der Waals surface area contributed by atoms with Crippen LogP contribution >= 0.6 is 33.4 Å². The van der Waals surface area contributed by atoms with Crippen LogP contribution in [0.4, 0.5) is 0 Å². The Labute approximate surface area is 200 Å². The van der Waals surface area contributed by atoms with Crippen molar-refractivity contribution in [3.8, 4) is 26.9 Å². The second kappa shape index (κ2) is 6.44. The van der Waals surface area contributed by atoms with Crippen molar-refractivity contribution in [1.82, 2.24) is 0 Å². The molecule has 0 bridgehead atoms. The summed E-state index contributed by atoms with van der Waals surface area (Å²) in [6, 6.07) is 34.9. The van der Waals surface area contributed by atoms with Crippen molar-refractivity contribution in [3.05, 3.63) is 103 Å². The van der Waals surface area contributed by atoms with Gasteiger partial charge in [0, 0.05) is 12.1 Å². The lowest BCUT2D eigenvalue weighted by Crippen LogP contribution is -2.62. The second-order valence-corrected chi connectivity index (χ2v) is 12.8. The first-order valence-electron chi connectivity index (χ1n) is 10.9. The van der Waals surface area contributed by atoms with Crippen molar-refractivity contribution in [2.45, 2.75) is 5.75 Å². The highest BCUT2D eigenvalue weighted by Crippen LogP contribution is 2.58. The fourth-order valence-electron chi connectivity index (χ4n) is 5.06. The van der Waals surface area contributed by atoms with E-state index in [1.54, 1.807) is 0 Å². The van der Waals surface area contributed by atoms with Crippen LogP contribution in [0.15, 0.2) is 97.1 Å². The Bertz CT molecular complexity index is 1620. The van der Waals surface area contributed by atoms with E-state index in [-0.39, 0.29) is 0 Å². The summed E-state index contributed by atoms with van der Waals surface area (Å²) in [7, 11) is -1.96. The van der Waals surface area contributed by atoms with Crippen LogP contribution in [0.3, 0.4) is 0 Å². The first kappa shape index (κ1) is 18.3. The third kappa shape index (κ3) is 2.30. The van der Waals surface area contributed by atoms with Crippen molar-refractivity contribution in [2.24, 2.45) is 0 Å². The van der Waals surface area contributed by atoms with Gasteiger partial charge in [-0.1, -0.05) is 77.3 Å². The minimum atomic E-state index is -1.96. The van der Waals surface area contributed by atoms with E-state index in [1.807, 2.05) is 22.7 Å². The van der Waals surface area contributed by atoms with Gasteiger partial charge in [0.25, 0.3) is 10.0 Å². The molecular weight excluding hydrogens is 465 g/mol. The lowest BCUT2D eigenvalue weighted by molar-refractivity contribution is -0.585. The molecule has 1 atom stereocenters. The fourth-order valence-corrected chi connectivity index (χ4v) is 11.7. The molecule has 1 spiro atoms. The highest BCUT2D eigenvalue weighted by atomic mass is 32.3. The first-order chi connectivity index (χ1) is 16.3. The van der Waals surface area contributed by atoms with E-state index in [0.717, 1.165) is 11.5 Å². The van der Waals surface area contributed by atoms with E-state index in [4.69, 9.17) is 4.18 Å². The Morgan fingerprint density at radius 1 is 0.606 bits per heavy atom. The molecule has 1 unspecified atom stereocenters. The van der Waals surface area contributed by atoms with Crippen LogP contribution in [-0.4, -0.2) is 0 Å². The zero-order valence-corrected chi connectivity index (χ0v) is 19.9. The SMILES string of the molecule is c1ccc2c(c1)CS1(Oc3ccccc3-c3sc4ccccc4[n+]31)[n+]1c-2sc2ccccc21. The normalized spacial score (nSPS) is 19.9. The monoisotopic (exact) mass is 482 g/mol. The number of nitrogens with zero attached hydrogens (tertiary/aromatic N) is 2. The van der Waals surface area contributed by atoms with Crippen molar-refractivity contribution >= 4 is 53.8 Å². The molecule has 0 amide bonds. The van der Waals surface area contributed by atoms with E-state index in [2.05, 4.69) is 105 Å². The predicted molar refractivity (Wildman–Crippen MR) is 138 cm³/mol. The van der Waals surface area contributed by atoms with Gasteiger partial charge in [-0.3, -0.25) is 0 Å². The minimum absolute atomic E-state index is 0.842. The number of para-hydroxylation sites is 3. The molecule has 0 N–H and O–H groups in total. The fraction of sp³-hybridized carbons (Fsp3) is 0.0370. The summed E-state index contributed by atoms with van der Waals surface area (Å²) in [5.74, 6) is 1.82. The number of hydrogen-bond acceptors (Lipinski definition) is 3. The average molecular weight is 483 g/mol. The van der Waals surface area contributed by atoms with E-state index >= 15 is 0 Å². The Hall–Kier alpha value is -3.19. The molecular formula is C27H18N2OS3+2. The Kier molecular flexibility index (Phi) is 3.56. The molecule has 2 aromatic heterocycles. The molecule has 4 heterocycles. The topological polar surface area (TPSA) is 17.0 Å². The van der Waals surface area contributed by atoms with Crippen molar-refractivity contribution in [3.63, 3.8) is 0 Å². The van der Waals surface area contributed by atoms with Gasteiger partial charge < -0.3 is 4.18 Å². The summed E-state index contributed by atoms with van der Waals surface area (Å²) >= 11 is 3.74. The van der Waals surface area contributed by atoms with E-state index in [0.29, 0.717) is 0 Å². The van der Waals surface area contributed by atoms with Gasteiger partial charge in [-0.05, 0) is 43.8 Å². The maximum atomic E-state index is 7.23. The molecule has 6 heteroatoms. The molecule has 6 aromatic rings. The molecule has 158 valence electrons. The van der Waals surface area contributed by atoms with Crippen LogP contribution in [0.5, 0.6) is 5.75 Å². The third-order valence-electron chi connectivity index (χ3n) is 6.45. The van der Waals surface area contributed by atoms with Crippen LogP contribution in [0.2, 0.25) is 0 Å². The van der Waals surface area contributed by atoms with Crippen molar-refractivity contribution < 1.29 is 12.1 Å². The quantitative estimate of drug-likeness (QED) is 0.216. The van der Waals surface area contributed by atoms with Gasteiger partial charge in [0.2, 0.25) is 11.0 Å². The van der Waals surface area contributed by atoms with Crippen molar-refractivity contribution in [1.29, 1.82) is 0 Å². The zero-order valence-electron chi connectivity index (χ0n) is 17.5. The average Bonchev–Trinajstić information content (AvgIpc) is 3.45. The second-order valence-electron chi connectivity index (χ2n) is 8.33. The molecule has 0 aliphatic carbocycles. The van der Waals surface area contributed by atoms with Gasteiger partial charge in [-0.25, -0.2) is 0 Å². The highest BCUT2D eigenvalue weighted by molar-refractivity contribution is 8.18. The molecule has 0 saturated heterocycles. The summed E-state index contributed by atoms with van der Waals surface area (Å²) in [4.78, 5) is 0. The first-order valence-corrected chi connectivity index (χ1v) is 14.2. The van der Waals surface area contributed by atoms with E-state index < -0.39 is 10.7 Å². The summed E-state index contributed by atoms with van der Waals surface area (Å²) in [6.45, 7) is 0. The van der Waals surface area contributed by atoms with Crippen molar-refractivity contribution in [2.75, 3.05) is 0 Å². The van der Waals surface area contributed by atoms with Crippen LogP contribution in [-0.2, 0) is 5.75 Å². The summed E-state index contributed by atoms with van der Waals surface area (Å²) in [5, 5.41) is 2.56. The minimum Gasteiger partial charge on any atom is -0.349 e. The number of rotatable bonds is 0. The Morgan fingerprint density at radius 2 is 1.15 bits per heavy atom. The lowest BCUT2D eigenvalue weighted by atomic mass is 10.1. The van der Waals surface area contributed by atoms with E-state index in [1.165, 1.54) is 47.1 Å². The number of thiazole rings is 2. The van der Waals surface area contributed by atoms with Crippen LogP contribution in [0.1, 0.15) is 5.56 Å². The molecule has 0 fully saturated rings. The van der Waals surface area contributed by atoms with Gasteiger partial charge in [-0.15, -0.1) is 0 Å². The summed E-state index contributed by atoms with van der Waals surface area (Å²) in [5.41, 5.74) is 6.34. The standard InChI is InChI=1S/C27H18N2OS3/c1-2-10-19-18(9-1)17-33(28-21-12-4-7-15-24(21)31-26(19)28)29-22-13-5-8-16-25(22)32-27(29)20-11-3-6-14-23(20)30-33/h1-16H,17H2/q+2. The molecule has 2 aliphatic heterocycles. The van der Waals surface area contributed by atoms with Crippen LogP contribution < -0.4 is 12.1 Å². The molecule has 33 heavy (non-hydrogen) atoms. The van der Waals surface area contributed by atoms with Gasteiger partial charge >= 0.3 is 10.7 Å². The Morgan fingerprint density at radius 3 is 1.88 bits per heavy atom. The molecule has 0 radical (unpaired) electrons. The van der Waals surface area contributed by atoms with Crippen LogP contribution in [0.25, 0.3) is 41.6 Å². The number of aromatic nitrogens is 2. The maximum absolute atomic E-state index is 7.23. The maximum Gasteiger partial charge on any atom is 0.359 e. The van der Waals surface area contributed by atoms with Crippen LogP contribution in [0, 0.1) is 0 Å². The molecule has 2 aliphatic rings. The predicted octanol–water partition coefficient (Wildman–Crippen LogP) is 6.88. The number of fused-ring (bicyclic) bond motifs is 12. The summed E-state index contributed by atoms with van der Waals surface area (Å²) in [6.07, 6.45) is 0. The largest absolute Gasteiger partial charge is 0.359 e. The molecule has 0 saturated carbocycles. The number of hydrogen-bond donors (Lipinski definition) is 0. The molecule has 4 aromatic carbocycles. The van der Waals surface area contributed by atoms with Gasteiger partial charge in [0.15, 0.2) is 11.5 Å². The molecule has 8 rings (SSSR count).